The van der Waals surface area contributed by atoms with Gasteiger partial charge in [-0.15, -0.1) is 0 Å². The number of aromatic nitrogens is 3. The predicted molar refractivity (Wildman–Crippen MR) is 97.6 cm³/mol. The Morgan fingerprint density at radius 3 is 2.68 bits per heavy atom. The molecule has 0 radical (unpaired) electrons. The molecule has 3 rings (SSSR count). The third kappa shape index (κ3) is 3.70. The quantitative estimate of drug-likeness (QED) is 0.560. The van der Waals surface area contributed by atoms with E-state index in [-0.39, 0.29) is 5.69 Å². The summed E-state index contributed by atoms with van der Waals surface area (Å²) < 4.78 is 1.53. The van der Waals surface area contributed by atoms with E-state index in [1.54, 1.807) is 31.2 Å². The van der Waals surface area contributed by atoms with E-state index in [0.717, 1.165) is 0 Å². The van der Waals surface area contributed by atoms with Gasteiger partial charge in [0.1, 0.15) is 10.8 Å². The van der Waals surface area contributed by atoms with Crippen molar-refractivity contribution in [2.75, 3.05) is 0 Å². The molecule has 2 aromatic heterocycles. The number of para-hydroxylation sites is 1. The van der Waals surface area contributed by atoms with Crippen LogP contribution in [0.1, 0.15) is 21.7 Å². The van der Waals surface area contributed by atoms with Crippen LogP contribution in [0.15, 0.2) is 53.8 Å². The van der Waals surface area contributed by atoms with Gasteiger partial charge >= 0.3 is 0 Å². The van der Waals surface area contributed by atoms with Crippen molar-refractivity contribution in [3.8, 4) is 5.69 Å². The molecule has 1 aromatic carbocycles. The van der Waals surface area contributed by atoms with Crippen molar-refractivity contribution < 1.29 is 4.79 Å². The van der Waals surface area contributed by atoms with Gasteiger partial charge in [0.15, 0.2) is 0 Å². The van der Waals surface area contributed by atoms with Crippen LogP contribution in [0.4, 0.5) is 0 Å². The summed E-state index contributed by atoms with van der Waals surface area (Å²) in [5.41, 5.74) is 4.58. The minimum Gasteiger partial charge on any atom is -0.266 e. The molecule has 0 atom stereocenters. The molecule has 2 heterocycles. The molecule has 0 unspecified atom stereocenters. The summed E-state index contributed by atoms with van der Waals surface area (Å²) in [6, 6.07) is 12.3. The second-order valence-corrected chi connectivity index (χ2v) is 5.83. The first-order valence-corrected chi connectivity index (χ1v) is 8.08. The average Bonchev–Trinajstić information content (AvgIpc) is 2.91. The van der Waals surface area contributed by atoms with Crippen LogP contribution in [0.2, 0.25) is 10.2 Å². The smallest absolute Gasteiger partial charge is 0.266 e. The van der Waals surface area contributed by atoms with Crippen LogP contribution in [-0.4, -0.2) is 26.9 Å². The molecule has 0 saturated heterocycles. The van der Waals surface area contributed by atoms with Crippen LogP contribution >= 0.6 is 23.2 Å². The van der Waals surface area contributed by atoms with Gasteiger partial charge in [-0.25, -0.2) is 10.1 Å². The number of aryl methyl sites for hydroxylation is 1. The Balaban J connectivity index is 1.82. The molecule has 126 valence electrons. The maximum absolute atomic E-state index is 11.9. The zero-order valence-corrected chi connectivity index (χ0v) is 14.7. The molecule has 0 fully saturated rings. The van der Waals surface area contributed by atoms with Gasteiger partial charge in [0.05, 0.1) is 28.2 Å². The molecule has 8 heteroatoms. The molecule has 0 saturated carbocycles. The van der Waals surface area contributed by atoms with Gasteiger partial charge in [-0.05, 0) is 31.2 Å². The fourth-order valence-electron chi connectivity index (χ4n) is 2.15. The number of hydrogen-bond acceptors (Lipinski definition) is 4. The van der Waals surface area contributed by atoms with Gasteiger partial charge in [0, 0.05) is 6.20 Å². The number of rotatable bonds is 4. The highest BCUT2D eigenvalue weighted by atomic mass is 35.5. The second-order valence-electron chi connectivity index (χ2n) is 5.07. The summed E-state index contributed by atoms with van der Waals surface area (Å²) in [6.45, 7) is 1.79. The fraction of sp³-hybridized carbons (Fsp3) is 0.0588. The van der Waals surface area contributed by atoms with Crippen LogP contribution in [-0.2, 0) is 0 Å². The molecule has 0 spiro atoms. The van der Waals surface area contributed by atoms with E-state index in [1.807, 2.05) is 18.2 Å². The van der Waals surface area contributed by atoms with E-state index in [1.165, 1.54) is 17.1 Å². The molecule has 1 N–H and O–H groups in total. The summed E-state index contributed by atoms with van der Waals surface area (Å²) in [5.74, 6) is -0.413. The van der Waals surface area contributed by atoms with E-state index in [9.17, 15) is 4.79 Å². The predicted octanol–water partition coefficient (Wildman–Crippen LogP) is 3.65. The maximum atomic E-state index is 11.9. The standard InChI is InChI=1S/C17H13Cl2N5O/c1-11-12(10-21-22-17(25)14-7-4-5-9-20-14)16(19)24(23-11)15-8-3-2-6-13(15)18/h2-10H,1H3,(H,22,25)/b21-10-. The third-order valence-corrected chi connectivity index (χ3v) is 4.07. The Morgan fingerprint density at radius 2 is 1.96 bits per heavy atom. The van der Waals surface area contributed by atoms with Gasteiger partial charge in [0.25, 0.3) is 5.91 Å². The van der Waals surface area contributed by atoms with Crippen LogP contribution < -0.4 is 5.43 Å². The topological polar surface area (TPSA) is 72.2 Å². The van der Waals surface area contributed by atoms with E-state index < -0.39 is 5.91 Å². The van der Waals surface area contributed by atoms with Crippen molar-refractivity contribution in [2.45, 2.75) is 6.92 Å². The first-order chi connectivity index (χ1) is 12.1. The third-order valence-electron chi connectivity index (χ3n) is 3.39. The van der Waals surface area contributed by atoms with E-state index >= 15 is 0 Å². The van der Waals surface area contributed by atoms with Gasteiger partial charge in [-0.3, -0.25) is 9.78 Å². The number of benzene rings is 1. The van der Waals surface area contributed by atoms with Crippen molar-refractivity contribution in [1.82, 2.24) is 20.2 Å². The fourth-order valence-corrected chi connectivity index (χ4v) is 2.68. The first kappa shape index (κ1) is 17.1. The number of hydrazone groups is 1. The van der Waals surface area contributed by atoms with Crippen LogP contribution in [0.3, 0.4) is 0 Å². The van der Waals surface area contributed by atoms with Crippen molar-refractivity contribution >= 4 is 35.3 Å². The summed E-state index contributed by atoms with van der Waals surface area (Å²) in [4.78, 5) is 15.9. The molecule has 25 heavy (non-hydrogen) atoms. The first-order valence-electron chi connectivity index (χ1n) is 7.32. The number of amides is 1. The molecule has 0 aliphatic carbocycles. The molecule has 6 nitrogen and oxygen atoms in total. The highest BCUT2D eigenvalue weighted by Gasteiger charge is 2.15. The number of carbonyl (C=O) groups excluding carboxylic acids is 1. The van der Waals surface area contributed by atoms with E-state index in [2.05, 4.69) is 20.6 Å². The van der Waals surface area contributed by atoms with Crippen LogP contribution in [0.5, 0.6) is 0 Å². The number of pyridine rings is 1. The number of nitrogens with one attached hydrogen (secondary N) is 1. The van der Waals surface area contributed by atoms with Gasteiger partial charge in [-0.2, -0.15) is 10.2 Å². The monoisotopic (exact) mass is 373 g/mol. The summed E-state index contributed by atoms with van der Waals surface area (Å²) in [5, 5.41) is 9.19. The Hall–Kier alpha value is -2.70. The Bertz CT molecular complexity index is 937. The van der Waals surface area contributed by atoms with Gasteiger partial charge in [-0.1, -0.05) is 41.4 Å². The zero-order valence-electron chi connectivity index (χ0n) is 13.1. The second kappa shape index (κ2) is 7.46. The van der Waals surface area contributed by atoms with Crippen molar-refractivity contribution in [2.24, 2.45) is 5.10 Å². The average molecular weight is 374 g/mol. The van der Waals surface area contributed by atoms with E-state index in [0.29, 0.717) is 27.1 Å². The lowest BCUT2D eigenvalue weighted by Gasteiger charge is -2.04. The molecule has 3 aromatic rings. The number of nitrogens with zero attached hydrogens (tertiary/aromatic N) is 4. The van der Waals surface area contributed by atoms with Gasteiger partial charge in [0.2, 0.25) is 0 Å². The maximum Gasteiger partial charge on any atom is 0.289 e. The van der Waals surface area contributed by atoms with Crippen LogP contribution in [0.25, 0.3) is 5.69 Å². The highest BCUT2D eigenvalue weighted by Crippen LogP contribution is 2.26. The van der Waals surface area contributed by atoms with Crippen molar-refractivity contribution in [3.05, 3.63) is 75.8 Å². The minimum absolute atomic E-state index is 0.272. The molecular weight excluding hydrogens is 361 g/mol. The zero-order chi connectivity index (χ0) is 17.8. The summed E-state index contributed by atoms with van der Waals surface area (Å²) >= 11 is 12.6. The molecule has 0 aliphatic rings. The number of carbonyl (C=O) groups is 1. The van der Waals surface area contributed by atoms with Crippen molar-refractivity contribution in [1.29, 1.82) is 0 Å². The largest absolute Gasteiger partial charge is 0.289 e. The van der Waals surface area contributed by atoms with Gasteiger partial charge < -0.3 is 0 Å². The van der Waals surface area contributed by atoms with Crippen LogP contribution in [0, 0.1) is 6.92 Å². The summed E-state index contributed by atoms with van der Waals surface area (Å²) in [6.07, 6.45) is 2.98. The lowest BCUT2D eigenvalue weighted by molar-refractivity contribution is 0.0950. The Labute approximate surface area is 154 Å². The lowest BCUT2D eigenvalue weighted by Crippen LogP contribution is -2.18. The molecule has 0 aliphatic heterocycles. The SMILES string of the molecule is Cc1nn(-c2ccccc2Cl)c(Cl)c1/C=N\NC(=O)c1ccccn1. The normalized spacial score (nSPS) is 11.0. The highest BCUT2D eigenvalue weighted by molar-refractivity contribution is 6.34. The van der Waals surface area contributed by atoms with Crippen molar-refractivity contribution in [3.63, 3.8) is 0 Å². The Morgan fingerprint density at radius 1 is 1.20 bits per heavy atom. The number of hydrogen-bond donors (Lipinski definition) is 1. The van der Waals surface area contributed by atoms with E-state index in [4.69, 9.17) is 23.2 Å². The Kier molecular flexibility index (Phi) is 5.11. The number of halogens is 2. The molecular formula is C17H13Cl2N5O. The summed E-state index contributed by atoms with van der Waals surface area (Å²) in [7, 11) is 0. The minimum atomic E-state index is -0.413. The lowest BCUT2D eigenvalue weighted by atomic mass is 10.3. The molecule has 1 amide bonds. The molecule has 0 bridgehead atoms.